The van der Waals surface area contributed by atoms with Crippen LogP contribution in [0.5, 0.6) is 0 Å². The molecule has 3 aromatic rings. The Morgan fingerprint density at radius 1 is 1.11 bits per heavy atom. The highest BCUT2D eigenvalue weighted by molar-refractivity contribution is 7.89. The number of sulfonamides is 1. The third-order valence-electron chi connectivity index (χ3n) is 5.36. The van der Waals surface area contributed by atoms with Crippen LogP contribution in [-0.4, -0.2) is 36.6 Å². The highest BCUT2D eigenvalue weighted by atomic mass is 35.5. The van der Waals surface area contributed by atoms with Gasteiger partial charge in [-0.2, -0.15) is 0 Å². The molecule has 0 unspecified atom stereocenters. The van der Waals surface area contributed by atoms with Crippen molar-refractivity contribution in [3.8, 4) is 11.1 Å². The van der Waals surface area contributed by atoms with Crippen molar-refractivity contribution < 1.29 is 17.9 Å². The standard InChI is InChI=1S/C26H32ClN3O4S/c1-6-7-12-22-28-24(27)23(25(31)34-5)30(22)17-18-13-15-19(16-14-18)20-10-8-9-11-21(20)35(32,33)29-26(2,3)4/h8-11,13-16,29H,6-7,12,17H2,1-5H3. The summed E-state index contributed by atoms with van der Waals surface area (Å²) in [5.74, 6) is 0.193. The average molecular weight is 518 g/mol. The molecule has 1 aromatic heterocycles. The summed E-state index contributed by atoms with van der Waals surface area (Å²) in [6.45, 7) is 7.89. The van der Waals surface area contributed by atoms with Crippen LogP contribution < -0.4 is 4.72 Å². The van der Waals surface area contributed by atoms with Crippen molar-refractivity contribution in [2.24, 2.45) is 0 Å². The lowest BCUT2D eigenvalue weighted by molar-refractivity contribution is 0.0588. The third-order valence-corrected chi connectivity index (χ3v) is 7.44. The molecule has 1 N–H and O–H groups in total. The molecule has 3 rings (SSSR count). The Labute approximate surface area is 212 Å². The van der Waals surface area contributed by atoms with Crippen LogP contribution in [0, 0.1) is 0 Å². The van der Waals surface area contributed by atoms with Crippen LogP contribution in [0.2, 0.25) is 5.15 Å². The van der Waals surface area contributed by atoms with Gasteiger partial charge in [-0.3, -0.25) is 0 Å². The van der Waals surface area contributed by atoms with E-state index in [4.69, 9.17) is 16.3 Å². The number of imidazole rings is 1. The molecular weight excluding hydrogens is 486 g/mol. The molecule has 0 amide bonds. The Balaban J connectivity index is 1.96. The first-order valence-corrected chi connectivity index (χ1v) is 13.4. The van der Waals surface area contributed by atoms with Crippen molar-refractivity contribution in [3.63, 3.8) is 0 Å². The Bertz CT molecular complexity index is 1290. The van der Waals surface area contributed by atoms with E-state index in [1.54, 1.807) is 22.8 Å². The molecule has 0 aliphatic carbocycles. The number of unbranched alkanes of at least 4 members (excludes halogenated alkanes) is 1. The molecule has 0 saturated carbocycles. The lowest BCUT2D eigenvalue weighted by Crippen LogP contribution is -2.40. The Morgan fingerprint density at radius 2 is 1.77 bits per heavy atom. The molecule has 9 heteroatoms. The van der Waals surface area contributed by atoms with Crippen LogP contribution in [-0.2, 0) is 27.7 Å². The van der Waals surface area contributed by atoms with Gasteiger partial charge >= 0.3 is 5.97 Å². The van der Waals surface area contributed by atoms with E-state index in [0.29, 0.717) is 18.5 Å². The zero-order chi connectivity index (χ0) is 25.8. The first kappa shape index (κ1) is 26.9. The fraction of sp³-hybridized carbons (Fsp3) is 0.385. The maximum absolute atomic E-state index is 13.0. The van der Waals surface area contributed by atoms with Gasteiger partial charge in [0.25, 0.3) is 0 Å². The maximum atomic E-state index is 13.0. The second kappa shape index (κ2) is 10.9. The van der Waals surface area contributed by atoms with Crippen LogP contribution >= 0.6 is 11.6 Å². The summed E-state index contributed by atoms with van der Waals surface area (Å²) in [5, 5.41) is 0.130. The summed E-state index contributed by atoms with van der Waals surface area (Å²) >= 11 is 6.28. The zero-order valence-electron chi connectivity index (χ0n) is 20.8. The molecule has 0 aliphatic rings. The average Bonchev–Trinajstić information content (AvgIpc) is 3.10. The van der Waals surface area contributed by atoms with Crippen LogP contribution in [0.1, 0.15) is 62.4 Å². The van der Waals surface area contributed by atoms with E-state index in [2.05, 4.69) is 16.6 Å². The van der Waals surface area contributed by atoms with E-state index >= 15 is 0 Å². The minimum atomic E-state index is -3.71. The lowest BCUT2D eigenvalue weighted by Gasteiger charge is -2.21. The topological polar surface area (TPSA) is 90.3 Å². The van der Waals surface area contributed by atoms with Gasteiger partial charge in [0.2, 0.25) is 10.0 Å². The van der Waals surface area contributed by atoms with Gasteiger partial charge in [0.15, 0.2) is 10.8 Å². The number of hydrogen-bond acceptors (Lipinski definition) is 5. The number of carbonyl (C=O) groups is 1. The van der Waals surface area contributed by atoms with Crippen LogP contribution in [0.4, 0.5) is 0 Å². The minimum Gasteiger partial charge on any atom is -0.464 e. The zero-order valence-corrected chi connectivity index (χ0v) is 22.3. The number of aryl methyl sites for hydroxylation is 1. The van der Waals surface area contributed by atoms with Crippen molar-refractivity contribution in [1.82, 2.24) is 14.3 Å². The van der Waals surface area contributed by atoms with E-state index in [9.17, 15) is 13.2 Å². The molecule has 0 atom stereocenters. The molecule has 188 valence electrons. The number of esters is 1. The van der Waals surface area contributed by atoms with E-state index in [1.807, 2.05) is 51.1 Å². The monoisotopic (exact) mass is 517 g/mol. The van der Waals surface area contributed by atoms with Crippen LogP contribution in [0.25, 0.3) is 11.1 Å². The smallest absolute Gasteiger partial charge is 0.357 e. The van der Waals surface area contributed by atoms with Gasteiger partial charge in [0.1, 0.15) is 5.82 Å². The van der Waals surface area contributed by atoms with Gasteiger partial charge in [0.05, 0.1) is 12.0 Å². The summed E-state index contributed by atoms with van der Waals surface area (Å²) in [5.41, 5.74) is 1.93. The number of carbonyl (C=O) groups excluding carboxylic acids is 1. The molecule has 7 nitrogen and oxygen atoms in total. The molecular formula is C26H32ClN3O4S. The normalized spacial score (nSPS) is 12.1. The van der Waals surface area contributed by atoms with Crippen molar-refractivity contribution in [2.75, 3.05) is 7.11 Å². The molecule has 0 bridgehead atoms. The molecule has 0 fully saturated rings. The second-order valence-corrected chi connectivity index (χ2v) is 11.4. The molecule has 0 saturated heterocycles. The van der Waals surface area contributed by atoms with Crippen LogP contribution in [0.15, 0.2) is 53.4 Å². The lowest BCUT2D eigenvalue weighted by atomic mass is 10.0. The quantitative estimate of drug-likeness (QED) is 0.381. The number of methoxy groups -OCH3 is 1. The molecule has 35 heavy (non-hydrogen) atoms. The molecule has 0 radical (unpaired) electrons. The number of rotatable bonds is 9. The first-order chi connectivity index (χ1) is 16.5. The molecule has 0 aliphatic heterocycles. The van der Waals surface area contributed by atoms with E-state index in [0.717, 1.165) is 29.8 Å². The number of halogens is 1. The summed E-state index contributed by atoms with van der Waals surface area (Å²) in [6, 6.07) is 14.5. The first-order valence-electron chi connectivity index (χ1n) is 11.5. The number of benzene rings is 2. The van der Waals surface area contributed by atoms with Crippen LogP contribution in [0.3, 0.4) is 0 Å². The van der Waals surface area contributed by atoms with E-state index < -0.39 is 21.5 Å². The summed E-state index contributed by atoms with van der Waals surface area (Å²) in [6.07, 6.45) is 2.59. The number of nitrogens with one attached hydrogen (secondary N) is 1. The van der Waals surface area contributed by atoms with Gasteiger partial charge in [-0.25, -0.2) is 22.9 Å². The van der Waals surface area contributed by atoms with Gasteiger partial charge in [-0.1, -0.05) is 67.4 Å². The molecule has 2 aromatic carbocycles. The van der Waals surface area contributed by atoms with Crippen molar-refractivity contribution >= 4 is 27.6 Å². The fourth-order valence-corrected chi connectivity index (χ4v) is 5.75. The SMILES string of the molecule is CCCCc1nc(Cl)c(C(=O)OC)n1Cc1ccc(-c2ccccc2S(=O)(=O)NC(C)(C)C)cc1. The number of aromatic nitrogens is 2. The third kappa shape index (κ3) is 6.51. The van der Waals surface area contributed by atoms with E-state index in [-0.39, 0.29) is 15.7 Å². The molecule has 1 heterocycles. The summed E-state index contributed by atoms with van der Waals surface area (Å²) in [4.78, 5) is 17.0. The van der Waals surface area contributed by atoms with Gasteiger partial charge in [0, 0.05) is 24.1 Å². The summed E-state index contributed by atoms with van der Waals surface area (Å²) < 4.78 is 35.5. The Kier molecular flexibility index (Phi) is 8.41. The highest BCUT2D eigenvalue weighted by Gasteiger charge is 2.25. The minimum absolute atomic E-state index is 0.130. The predicted molar refractivity (Wildman–Crippen MR) is 138 cm³/mol. The largest absolute Gasteiger partial charge is 0.464 e. The summed E-state index contributed by atoms with van der Waals surface area (Å²) in [7, 11) is -2.40. The van der Waals surface area contributed by atoms with E-state index in [1.165, 1.54) is 7.11 Å². The molecule has 0 spiro atoms. The fourth-order valence-electron chi connectivity index (χ4n) is 3.82. The van der Waals surface area contributed by atoms with Gasteiger partial charge in [-0.05, 0) is 44.4 Å². The van der Waals surface area contributed by atoms with Crippen molar-refractivity contribution in [3.05, 3.63) is 70.8 Å². The van der Waals surface area contributed by atoms with Gasteiger partial charge < -0.3 is 9.30 Å². The van der Waals surface area contributed by atoms with Crippen molar-refractivity contribution in [1.29, 1.82) is 0 Å². The number of ether oxygens (including phenoxy) is 1. The predicted octanol–water partition coefficient (Wildman–Crippen LogP) is 5.46. The highest BCUT2D eigenvalue weighted by Crippen LogP contribution is 2.29. The second-order valence-electron chi connectivity index (χ2n) is 9.40. The van der Waals surface area contributed by atoms with Crippen molar-refractivity contribution in [2.45, 2.75) is 63.9 Å². The Hall–Kier alpha value is -2.68. The Morgan fingerprint density at radius 3 is 2.37 bits per heavy atom. The van der Waals surface area contributed by atoms with Gasteiger partial charge in [-0.15, -0.1) is 0 Å². The maximum Gasteiger partial charge on any atom is 0.357 e. The number of nitrogens with zero attached hydrogens (tertiary/aromatic N) is 2. The number of hydrogen-bond donors (Lipinski definition) is 1.